The van der Waals surface area contributed by atoms with E-state index in [4.69, 9.17) is 4.74 Å². The Morgan fingerprint density at radius 3 is 1.64 bits per heavy atom. The maximum Gasteiger partial charge on any atom is 0.125 e. The number of carbonyl (C=O) groups excluding carboxylic acids is 2. The average molecular weight is 158 g/mol. The molecule has 0 bridgehead atoms. The molecule has 0 rings (SSSR count). The molecule has 0 aliphatic rings. The zero-order chi connectivity index (χ0) is 8.85. The van der Waals surface area contributed by atoms with Gasteiger partial charge in [0.25, 0.3) is 0 Å². The topological polar surface area (TPSA) is 43.4 Å². The lowest BCUT2D eigenvalue weighted by molar-refractivity contribution is -0.120. The molecule has 0 aliphatic carbocycles. The van der Waals surface area contributed by atoms with Gasteiger partial charge in [0, 0.05) is 18.9 Å². The van der Waals surface area contributed by atoms with E-state index in [9.17, 15) is 9.59 Å². The summed E-state index contributed by atoms with van der Waals surface area (Å²) in [6.45, 7) is 3.47. The summed E-state index contributed by atoms with van der Waals surface area (Å²) >= 11 is 0. The van der Waals surface area contributed by atoms with Crippen LogP contribution in [0.25, 0.3) is 0 Å². The van der Waals surface area contributed by atoms with Gasteiger partial charge in [0.15, 0.2) is 0 Å². The first-order valence-corrected chi connectivity index (χ1v) is 3.60. The van der Waals surface area contributed by atoms with Crippen LogP contribution in [0.5, 0.6) is 0 Å². The number of ether oxygens (including phenoxy) is 1. The summed E-state index contributed by atoms with van der Waals surface area (Å²) in [6.07, 6.45) is 1.31. The molecule has 0 aromatic rings. The smallest absolute Gasteiger partial charge is 0.125 e. The molecule has 0 fully saturated rings. The molecule has 2 unspecified atom stereocenters. The van der Waals surface area contributed by atoms with Crippen LogP contribution in [0, 0.1) is 11.8 Å². The summed E-state index contributed by atoms with van der Waals surface area (Å²) in [6, 6.07) is 0. The van der Waals surface area contributed by atoms with Gasteiger partial charge in [0.05, 0.1) is 6.10 Å². The lowest BCUT2D eigenvalue weighted by Gasteiger charge is -2.20. The van der Waals surface area contributed by atoms with Crippen molar-refractivity contribution in [2.75, 3.05) is 7.11 Å². The molecule has 0 spiro atoms. The Labute approximate surface area is 66.7 Å². The lowest BCUT2D eigenvalue weighted by Crippen LogP contribution is -2.29. The van der Waals surface area contributed by atoms with Gasteiger partial charge >= 0.3 is 0 Å². The Hall–Kier alpha value is -0.700. The van der Waals surface area contributed by atoms with Crippen molar-refractivity contribution in [3.05, 3.63) is 0 Å². The van der Waals surface area contributed by atoms with Gasteiger partial charge < -0.3 is 14.3 Å². The van der Waals surface area contributed by atoms with Crippen molar-refractivity contribution in [3.63, 3.8) is 0 Å². The zero-order valence-electron chi connectivity index (χ0n) is 7.11. The van der Waals surface area contributed by atoms with Crippen LogP contribution in [-0.2, 0) is 14.3 Å². The SMILES string of the molecule is COC(C(C)C=O)C(C)C=O. The van der Waals surface area contributed by atoms with Gasteiger partial charge in [-0.25, -0.2) is 0 Å². The van der Waals surface area contributed by atoms with E-state index in [1.165, 1.54) is 7.11 Å². The first-order chi connectivity index (χ1) is 5.17. The predicted octanol–water partition coefficient (Wildman–Crippen LogP) is 0.671. The van der Waals surface area contributed by atoms with E-state index < -0.39 is 0 Å². The van der Waals surface area contributed by atoms with E-state index in [-0.39, 0.29) is 17.9 Å². The molecule has 0 N–H and O–H groups in total. The van der Waals surface area contributed by atoms with Crippen molar-refractivity contribution in [3.8, 4) is 0 Å². The van der Waals surface area contributed by atoms with E-state index in [2.05, 4.69) is 0 Å². The Morgan fingerprint density at radius 1 is 1.09 bits per heavy atom. The van der Waals surface area contributed by atoms with Gasteiger partial charge in [-0.3, -0.25) is 0 Å². The number of hydrogen-bond donors (Lipinski definition) is 0. The van der Waals surface area contributed by atoms with E-state index >= 15 is 0 Å². The van der Waals surface area contributed by atoms with E-state index in [0.717, 1.165) is 12.6 Å². The Morgan fingerprint density at radius 2 is 1.45 bits per heavy atom. The van der Waals surface area contributed by atoms with Gasteiger partial charge in [0.2, 0.25) is 0 Å². The highest BCUT2D eigenvalue weighted by Gasteiger charge is 2.22. The summed E-state index contributed by atoms with van der Waals surface area (Å²) in [7, 11) is 1.50. The van der Waals surface area contributed by atoms with Crippen LogP contribution >= 0.6 is 0 Å². The molecule has 64 valence electrons. The Balaban J connectivity index is 4.13. The third-order valence-corrected chi connectivity index (χ3v) is 1.74. The maximum atomic E-state index is 10.3. The first kappa shape index (κ1) is 10.3. The molecular formula is C8H14O3. The third-order valence-electron chi connectivity index (χ3n) is 1.74. The van der Waals surface area contributed by atoms with E-state index in [0.29, 0.717) is 0 Å². The highest BCUT2D eigenvalue weighted by molar-refractivity contribution is 5.59. The zero-order valence-corrected chi connectivity index (χ0v) is 7.11. The average Bonchev–Trinajstić information content (AvgIpc) is 2.05. The lowest BCUT2D eigenvalue weighted by atomic mass is 9.95. The number of aldehydes is 2. The molecule has 0 aromatic carbocycles. The Bertz CT molecular complexity index is 119. The summed E-state index contributed by atoms with van der Waals surface area (Å²) in [4.78, 5) is 20.7. The highest BCUT2D eigenvalue weighted by atomic mass is 16.5. The number of rotatable bonds is 5. The molecule has 0 aromatic heterocycles. The minimum absolute atomic E-state index is 0.222. The molecule has 0 amide bonds. The fourth-order valence-corrected chi connectivity index (χ4v) is 1.06. The highest BCUT2D eigenvalue weighted by Crippen LogP contribution is 2.12. The van der Waals surface area contributed by atoms with Gasteiger partial charge in [-0.15, -0.1) is 0 Å². The van der Waals surface area contributed by atoms with Crippen molar-refractivity contribution < 1.29 is 14.3 Å². The van der Waals surface area contributed by atoms with Crippen LogP contribution in [0.2, 0.25) is 0 Å². The summed E-state index contributed by atoms with van der Waals surface area (Å²) in [5.74, 6) is -0.444. The standard InChI is InChI=1S/C8H14O3/c1-6(4-9)8(11-3)7(2)5-10/h4-8H,1-3H3. The monoisotopic (exact) mass is 158 g/mol. The largest absolute Gasteiger partial charge is 0.380 e. The predicted molar refractivity (Wildman–Crippen MR) is 41.3 cm³/mol. The van der Waals surface area contributed by atoms with Crippen LogP contribution in [-0.4, -0.2) is 25.8 Å². The molecular weight excluding hydrogens is 144 g/mol. The van der Waals surface area contributed by atoms with Crippen LogP contribution in [0.1, 0.15) is 13.8 Å². The fourth-order valence-electron chi connectivity index (χ4n) is 1.06. The molecule has 2 atom stereocenters. The molecule has 3 heteroatoms. The molecule has 0 saturated heterocycles. The van der Waals surface area contributed by atoms with Crippen molar-refractivity contribution in [2.45, 2.75) is 20.0 Å². The van der Waals surface area contributed by atoms with Crippen LogP contribution in [0.4, 0.5) is 0 Å². The van der Waals surface area contributed by atoms with Crippen LogP contribution in [0.15, 0.2) is 0 Å². The van der Waals surface area contributed by atoms with Gasteiger partial charge in [0.1, 0.15) is 12.6 Å². The maximum absolute atomic E-state index is 10.3. The molecule has 0 saturated carbocycles. The minimum atomic E-state index is -0.287. The number of hydrogen-bond acceptors (Lipinski definition) is 3. The van der Waals surface area contributed by atoms with Gasteiger partial charge in [-0.1, -0.05) is 13.8 Å². The van der Waals surface area contributed by atoms with Crippen LogP contribution in [0.3, 0.4) is 0 Å². The molecule has 0 aliphatic heterocycles. The van der Waals surface area contributed by atoms with Crippen molar-refractivity contribution in [2.24, 2.45) is 11.8 Å². The van der Waals surface area contributed by atoms with Crippen LogP contribution < -0.4 is 0 Å². The summed E-state index contributed by atoms with van der Waals surface area (Å²) in [5, 5.41) is 0. The first-order valence-electron chi connectivity index (χ1n) is 3.60. The molecule has 11 heavy (non-hydrogen) atoms. The third kappa shape index (κ3) is 2.80. The molecule has 0 heterocycles. The van der Waals surface area contributed by atoms with Crippen molar-refractivity contribution >= 4 is 12.6 Å². The number of carbonyl (C=O) groups is 2. The summed E-state index contributed by atoms with van der Waals surface area (Å²) < 4.78 is 4.99. The van der Waals surface area contributed by atoms with Crippen molar-refractivity contribution in [1.82, 2.24) is 0 Å². The second-order valence-corrected chi connectivity index (χ2v) is 2.69. The van der Waals surface area contributed by atoms with E-state index in [1.54, 1.807) is 13.8 Å². The Kier molecular flexibility index (Phi) is 4.70. The van der Waals surface area contributed by atoms with Crippen molar-refractivity contribution in [1.29, 1.82) is 0 Å². The molecule has 3 nitrogen and oxygen atoms in total. The van der Waals surface area contributed by atoms with Gasteiger partial charge in [-0.05, 0) is 0 Å². The molecule has 0 radical (unpaired) electrons. The quantitative estimate of drug-likeness (QED) is 0.552. The van der Waals surface area contributed by atoms with Gasteiger partial charge in [-0.2, -0.15) is 0 Å². The normalized spacial score (nSPS) is 18.5. The van der Waals surface area contributed by atoms with E-state index in [1.807, 2.05) is 0 Å². The second kappa shape index (κ2) is 5.02. The summed E-state index contributed by atoms with van der Waals surface area (Å²) in [5.41, 5.74) is 0. The number of methoxy groups -OCH3 is 1. The fraction of sp³-hybridized carbons (Fsp3) is 0.750. The minimum Gasteiger partial charge on any atom is -0.380 e. The second-order valence-electron chi connectivity index (χ2n) is 2.69.